The second-order valence-corrected chi connectivity index (χ2v) is 8.96. The molecule has 1 aliphatic heterocycles. The van der Waals surface area contributed by atoms with Crippen LogP contribution in [0.1, 0.15) is 31.2 Å². The van der Waals surface area contributed by atoms with E-state index in [9.17, 15) is 18.0 Å². The Labute approximate surface area is 151 Å². The fraction of sp³-hybridized carbons (Fsp3) is 0.562. The lowest BCUT2D eigenvalue weighted by Crippen LogP contribution is -2.43. The van der Waals surface area contributed by atoms with E-state index < -0.39 is 15.8 Å². The molecule has 1 fully saturated rings. The molecule has 1 amide bonds. The monoisotopic (exact) mass is 386 g/mol. The van der Waals surface area contributed by atoms with E-state index in [-0.39, 0.29) is 30.1 Å². The Hall–Kier alpha value is -1.74. The fourth-order valence-corrected chi connectivity index (χ4v) is 4.84. The van der Waals surface area contributed by atoms with Crippen molar-refractivity contribution in [3.63, 3.8) is 0 Å². The van der Waals surface area contributed by atoms with E-state index in [0.29, 0.717) is 18.0 Å². The minimum atomic E-state index is -3.08. The molecule has 0 spiro atoms. The van der Waals surface area contributed by atoms with E-state index >= 15 is 0 Å². The molecule has 1 unspecified atom stereocenters. The number of esters is 1. The first kappa shape index (κ1) is 19.6. The van der Waals surface area contributed by atoms with Crippen molar-refractivity contribution in [3.8, 4) is 0 Å². The summed E-state index contributed by atoms with van der Waals surface area (Å²) in [5, 5.41) is 2.46. The number of aromatic nitrogens is 1. The van der Waals surface area contributed by atoms with Crippen LogP contribution in [0.4, 0.5) is 0 Å². The maximum atomic E-state index is 12.4. The summed E-state index contributed by atoms with van der Waals surface area (Å²) in [4.78, 5) is 29.7. The van der Waals surface area contributed by atoms with Crippen molar-refractivity contribution in [2.45, 2.75) is 32.2 Å². The van der Waals surface area contributed by atoms with Gasteiger partial charge in [-0.15, -0.1) is 11.3 Å². The van der Waals surface area contributed by atoms with E-state index in [1.54, 1.807) is 16.5 Å². The minimum absolute atomic E-state index is 0.0135. The highest BCUT2D eigenvalue weighted by Crippen LogP contribution is 2.18. The predicted octanol–water partition coefficient (Wildman–Crippen LogP) is 1.52. The Balaban J connectivity index is 1.89. The average Bonchev–Trinajstić information content (AvgIpc) is 3.20. The van der Waals surface area contributed by atoms with Gasteiger partial charge >= 0.3 is 5.97 Å². The molecule has 138 valence electrons. The molecule has 1 saturated heterocycles. The van der Waals surface area contributed by atoms with Gasteiger partial charge in [0, 0.05) is 30.2 Å². The standard InChI is InChI=1S/C16H22N2O5S2/c1-2-3-8-18(13-6-10-25(21,22)12-13)15(19)11-23-16(20)5-4-14-17-7-9-24-14/h4-5,7,9,13H,2-3,6,8,10-12H2,1H3/b5-4+. The molecule has 0 aliphatic carbocycles. The van der Waals surface area contributed by atoms with Gasteiger partial charge in [-0.3, -0.25) is 4.79 Å². The van der Waals surface area contributed by atoms with Crippen molar-refractivity contribution in [2.24, 2.45) is 0 Å². The molecule has 7 nitrogen and oxygen atoms in total. The molecule has 25 heavy (non-hydrogen) atoms. The third-order valence-corrected chi connectivity index (χ3v) is 6.36. The Morgan fingerprint density at radius 2 is 2.28 bits per heavy atom. The summed E-state index contributed by atoms with van der Waals surface area (Å²) in [6, 6.07) is -0.325. The van der Waals surface area contributed by atoms with Gasteiger partial charge < -0.3 is 9.64 Å². The summed E-state index contributed by atoms with van der Waals surface area (Å²) >= 11 is 1.38. The maximum absolute atomic E-state index is 12.4. The first-order valence-electron chi connectivity index (χ1n) is 8.15. The average molecular weight is 386 g/mol. The molecule has 0 radical (unpaired) electrons. The number of carbonyl (C=O) groups excluding carboxylic acids is 2. The van der Waals surface area contributed by atoms with Gasteiger partial charge in [0.1, 0.15) is 5.01 Å². The summed E-state index contributed by atoms with van der Waals surface area (Å²) in [5.74, 6) is -0.894. The molecule has 0 N–H and O–H groups in total. The van der Waals surface area contributed by atoms with Crippen molar-refractivity contribution in [1.29, 1.82) is 0 Å². The summed E-state index contributed by atoms with van der Waals surface area (Å²) in [5.41, 5.74) is 0. The van der Waals surface area contributed by atoms with E-state index in [1.807, 2.05) is 6.92 Å². The highest BCUT2D eigenvalue weighted by Gasteiger charge is 2.34. The predicted molar refractivity (Wildman–Crippen MR) is 95.8 cm³/mol. The highest BCUT2D eigenvalue weighted by atomic mass is 32.2. The Bertz CT molecular complexity index is 713. The summed E-state index contributed by atoms with van der Waals surface area (Å²) in [6.45, 7) is 2.08. The van der Waals surface area contributed by atoms with Gasteiger partial charge in [-0.05, 0) is 18.9 Å². The quantitative estimate of drug-likeness (QED) is 0.497. The second-order valence-electron chi connectivity index (χ2n) is 5.81. The van der Waals surface area contributed by atoms with Crippen LogP contribution in [-0.2, 0) is 24.2 Å². The summed E-state index contributed by atoms with van der Waals surface area (Å²) in [7, 11) is -3.08. The summed E-state index contributed by atoms with van der Waals surface area (Å²) < 4.78 is 28.3. The van der Waals surface area contributed by atoms with Gasteiger partial charge in [0.05, 0.1) is 11.5 Å². The molecule has 2 heterocycles. The molecule has 0 bridgehead atoms. The van der Waals surface area contributed by atoms with Gasteiger partial charge in [0.15, 0.2) is 16.4 Å². The lowest BCUT2D eigenvalue weighted by atomic mass is 10.2. The fourth-order valence-electron chi connectivity index (χ4n) is 2.58. The van der Waals surface area contributed by atoms with Gasteiger partial charge in [-0.2, -0.15) is 0 Å². The van der Waals surface area contributed by atoms with Crippen LogP contribution < -0.4 is 0 Å². The number of nitrogens with zero attached hydrogens (tertiary/aromatic N) is 2. The smallest absolute Gasteiger partial charge is 0.331 e. The topological polar surface area (TPSA) is 93.6 Å². The van der Waals surface area contributed by atoms with E-state index in [1.165, 1.54) is 23.5 Å². The van der Waals surface area contributed by atoms with Crippen LogP contribution in [0.25, 0.3) is 6.08 Å². The van der Waals surface area contributed by atoms with Crippen LogP contribution >= 0.6 is 11.3 Å². The van der Waals surface area contributed by atoms with Crippen LogP contribution in [0.5, 0.6) is 0 Å². The van der Waals surface area contributed by atoms with Crippen LogP contribution in [0.2, 0.25) is 0 Å². The zero-order valence-electron chi connectivity index (χ0n) is 14.1. The Morgan fingerprint density at radius 3 is 2.88 bits per heavy atom. The zero-order chi connectivity index (χ0) is 18.3. The first-order chi connectivity index (χ1) is 11.9. The van der Waals surface area contributed by atoms with Gasteiger partial charge in [0.2, 0.25) is 0 Å². The van der Waals surface area contributed by atoms with Crippen molar-refractivity contribution < 1.29 is 22.7 Å². The Kier molecular flexibility index (Phi) is 7.12. The molecule has 2 rings (SSSR count). The third-order valence-electron chi connectivity index (χ3n) is 3.87. The zero-order valence-corrected chi connectivity index (χ0v) is 15.7. The van der Waals surface area contributed by atoms with Gasteiger partial charge in [-0.1, -0.05) is 13.3 Å². The van der Waals surface area contributed by atoms with Crippen molar-refractivity contribution in [2.75, 3.05) is 24.7 Å². The number of amides is 1. The van der Waals surface area contributed by atoms with E-state index in [0.717, 1.165) is 12.8 Å². The number of unbranched alkanes of at least 4 members (excludes halogenated alkanes) is 1. The lowest BCUT2D eigenvalue weighted by Gasteiger charge is -2.28. The molecule has 1 atom stereocenters. The number of rotatable bonds is 8. The Morgan fingerprint density at radius 1 is 1.48 bits per heavy atom. The van der Waals surface area contributed by atoms with E-state index in [2.05, 4.69) is 4.98 Å². The number of thiazole rings is 1. The molecule has 1 aromatic rings. The first-order valence-corrected chi connectivity index (χ1v) is 10.9. The number of ether oxygens (including phenoxy) is 1. The summed E-state index contributed by atoms with van der Waals surface area (Å²) in [6.07, 6.45) is 6.48. The van der Waals surface area contributed by atoms with Crippen LogP contribution in [0.15, 0.2) is 17.7 Å². The van der Waals surface area contributed by atoms with Gasteiger partial charge in [-0.25, -0.2) is 18.2 Å². The molecular weight excluding hydrogens is 364 g/mol. The third kappa shape index (κ3) is 6.24. The molecule has 9 heteroatoms. The SMILES string of the molecule is CCCCN(C(=O)COC(=O)/C=C/c1nccs1)C1CCS(=O)(=O)C1. The number of hydrogen-bond donors (Lipinski definition) is 0. The maximum Gasteiger partial charge on any atom is 0.331 e. The number of carbonyl (C=O) groups is 2. The van der Waals surface area contributed by atoms with Crippen LogP contribution in [-0.4, -0.2) is 60.9 Å². The van der Waals surface area contributed by atoms with Gasteiger partial charge in [0.25, 0.3) is 5.91 Å². The minimum Gasteiger partial charge on any atom is -0.452 e. The number of sulfone groups is 1. The molecular formula is C16H22N2O5S2. The molecule has 1 aliphatic rings. The van der Waals surface area contributed by atoms with Crippen LogP contribution in [0.3, 0.4) is 0 Å². The largest absolute Gasteiger partial charge is 0.452 e. The lowest BCUT2D eigenvalue weighted by molar-refractivity contribution is -0.149. The second kappa shape index (κ2) is 9.10. The molecule has 0 aromatic carbocycles. The van der Waals surface area contributed by atoms with Crippen LogP contribution in [0, 0.1) is 0 Å². The normalized spacial score (nSPS) is 19.2. The van der Waals surface area contributed by atoms with Crippen molar-refractivity contribution in [1.82, 2.24) is 9.88 Å². The van der Waals surface area contributed by atoms with Crippen molar-refractivity contribution >= 4 is 39.1 Å². The van der Waals surface area contributed by atoms with E-state index in [4.69, 9.17) is 4.74 Å². The number of hydrogen-bond acceptors (Lipinski definition) is 7. The molecule has 1 aromatic heterocycles. The van der Waals surface area contributed by atoms with Crippen molar-refractivity contribution in [3.05, 3.63) is 22.7 Å². The highest BCUT2D eigenvalue weighted by molar-refractivity contribution is 7.91. The molecule has 0 saturated carbocycles.